The fraction of sp³-hybridized carbons (Fsp3) is 0.560. The van der Waals surface area contributed by atoms with Crippen LogP contribution in [-0.4, -0.2) is 43.7 Å². The molecule has 0 amide bonds. The summed E-state index contributed by atoms with van der Waals surface area (Å²) in [7, 11) is 0. The third-order valence-corrected chi connectivity index (χ3v) is 6.63. The third kappa shape index (κ3) is 4.37. The molecule has 2 fully saturated rings. The smallest absolute Gasteiger partial charge is 0.197 e. The third-order valence-electron chi connectivity index (χ3n) is 6.63. The quantitative estimate of drug-likeness (QED) is 0.706. The minimum atomic E-state index is 0.0130. The zero-order valence-corrected chi connectivity index (χ0v) is 18.2. The second-order valence-corrected chi connectivity index (χ2v) is 8.88. The van der Waals surface area contributed by atoms with E-state index in [4.69, 9.17) is 18.9 Å². The van der Waals surface area contributed by atoms with E-state index in [1.54, 1.807) is 6.07 Å². The number of nitrogens with zero attached hydrogens (tertiary/aromatic N) is 1. The van der Waals surface area contributed by atoms with Gasteiger partial charge >= 0.3 is 0 Å². The van der Waals surface area contributed by atoms with E-state index in [2.05, 4.69) is 16.7 Å². The fourth-order valence-electron chi connectivity index (χ4n) is 4.85. The molecule has 5 rings (SSSR count). The Labute approximate surface area is 183 Å². The van der Waals surface area contributed by atoms with Crippen LogP contribution in [0.4, 0.5) is 0 Å². The molecule has 3 aliphatic rings. The van der Waals surface area contributed by atoms with E-state index in [0.29, 0.717) is 25.0 Å². The number of hydrogen-bond acceptors (Lipinski definition) is 5. The summed E-state index contributed by atoms with van der Waals surface area (Å²) in [6.07, 6.45) is 5.37. The first kappa shape index (κ1) is 20.6. The molecule has 0 N–H and O–H groups in total. The van der Waals surface area contributed by atoms with Gasteiger partial charge in [-0.15, -0.1) is 0 Å². The molecule has 6 heteroatoms. The molecule has 0 radical (unpaired) electrons. The molecule has 2 atom stereocenters. The normalized spacial score (nSPS) is 22.6. The molecule has 0 spiro atoms. The van der Waals surface area contributed by atoms with Crippen LogP contribution in [-0.2, 0) is 22.4 Å². The van der Waals surface area contributed by atoms with Crippen molar-refractivity contribution >= 4 is 0 Å². The largest absolute Gasteiger partial charge is 0.493 e. The van der Waals surface area contributed by atoms with Crippen molar-refractivity contribution in [3.8, 4) is 22.9 Å². The first-order valence-corrected chi connectivity index (χ1v) is 11.5. The van der Waals surface area contributed by atoms with E-state index in [0.717, 1.165) is 81.0 Å². The SMILES string of the molecule is Cc1c2n(c(OCC3CCCO3)cc1=O)CCc1cc(OCC3CCCOC3)ccc1-2. The summed E-state index contributed by atoms with van der Waals surface area (Å²) in [6.45, 7) is 6.32. The summed E-state index contributed by atoms with van der Waals surface area (Å²) < 4.78 is 25.5. The summed E-state index contributed by atoms with van der Waals surface area (Å²) in [6, 6.07) is 7.86. The monoisotopic (exact) mass is 425 g/mol. The Hall–Kier alpha value is -2.31. The molecule has 1 aromatic carbocycles. The summed E-state index contributed by atoms with van der Waals surface area (Å²) in [5, 5.41) is 0. The summed E-state index contributed by atoms with van der Waals surface area (Å²) in [4.78, 5) is 12.7. The highest BCUT2D eigenvalue weighted by Crippen LogP contribution is 2.36. The van der Waals surface area contributed by atoms with Gasteiger partial charge in [0.25, 0.3) is 0 Å². The van der Waals surface area contributed by atoms with Crippen molar-refractivity contribution in [2.45, 2.75) is 51.7 Å². The van der Waals surface area contributed by atoms with Gasteiger partial charge in [-0.25, -0.2) is 0 Å². The lowest BCUT2D eigenvalue weighted by Crippen LogP contribution is -2.25. The van der Waals surface area contributed by atoms with E-state index in [9.17, 15) is 4.79 Å². The maximum absolute atomic E-state index is 12.7. The van der Waals surface area contributed by atoms with E-state index in [1.165, 1.54) is 5.56 Å². The number of aryl methyl sites for hydroxylation is 1. The summed E-state index contributed by atoms with van der Waals surface area (Å²) in [5.74, 6) is 2.00. The number of pyridine rings is 1. The average Bonchev–Trinajstić information content (AvgIpc) is 3.33. The molecule has 2 saturated heterocycles. The van der Waals surface area contributed by atoms with E-state index in [1.807, 2.05) is 13.0 Å². The second-order valence-electron chi connectivity index (χ2n) is 8.88. The van der Waals surface area contributed by atoms with Gasteiger partial charge in [0.05, 0.1) is 25.0 Å². The van der Waals surface area contributed by atoms with Crippen molar-refractivity contribution in [2.75, 3.05) is 33.0 Å². The van der Waals surface area contributed by atoms with Crippen molar-refractivity contribution in [1.29, 1.82) is 0 Å². The van der Waals surface area contributed by atoms with Gasteiger partial charge in [-0.1, -0.05) is 0 Å². The first-order valence-electron chi connectivity index (χ1n) is 11.5. The molecule has 6 nitrogen and oxygen atoms in total. The number of ether oxygens (including phenoxy) is 4. The Morgan fingerprint density at radius 1 is 1.10 bits per heavy atom. The lowest BCUT2D eigenvalue weighted by molar-refractivity contribution is 0.0352. The Morgan fingerprint density at radius 3 is 2.81 bits per heavy atom. The van der Waals surface area contributed by atoms with Gasteiger partial charge in [-0.3, -0.25) is 4.79 Å². The van der Waals surface area contributed by atoms with Crippen molar-refractivity contribution in [2.24, 2.45) is 5.92 Å². The lowest BCUT2D eigenvalue weighted by atomic mass is 9.94. The minimum Gasteiger partial charge on any atom is -0.493 e. The van der Waals surface area contributed by atoms with Gasteiger partial charge in [0.1, 0.15) is 12.4 Å². The predicted octanol–water partition coefficient (Wildman–Crippen LogP) is 3.74. The molecule has 0 aliphatic carbocycles. The van der Waals surface area contributed by atoms with Crippen molar-refractivity contribution in [3.05, 3.63) is 45.6 Å². The number of rotatable bonds is 6. The van der Waals surface area contributed by atoms with E-state index in [-0.39, 0.29) is 11.5 Å². The number of fused-ring (bicyclic) bond motifs is 3. The van der Waals surface area contributed by atoms with Crippen LogP contribution in [0.1, 0.15) is 36.8 Å². The second kappa shape index (κ2) is 9.05. The molecule has 2 unspecified atom stereocenters. The molecule has 0 bridgehead atoms. The van der Waals surface area contributed by atoms with Crippen molar-refractivity contribution in [1.82, 2.24) is 4.57 Å². The zero-order valence-electron chi connectivity index (χ0n) is 18.2. The van der Waals surface area contributed by atoms with Gasteiger partial charge < -0.3 is 23.5 Å². The van der Waals surface area contributed by atoms with Crippen molar-refractivity contribution < 1.29 is 18.9 Å². The Morgan fingerprint density at radius 2 is 2.00 bits per heavy atom. The molecule has 1 aromatic heterocycles. The molecule has 31 heavy (non-hydrogen) atoms. The predicted molar refractivity (Wildman–Crippen MR) is 118 cm³/mol. The maximum Gasteiger partial charge on any atom is 0.197 e. The lowest BCUT2D eigenvalue weighted by Gasteiger charge is -2.27. The number of benzene rings is 1. The van der Waals surface area contributed by atoms with Gasteiger partial charge in [0.15, 0.2) is 11.3 Å². The number of aromatic nitrogens is 1. The fourth-order valence-corrected chi connectivity index (χ4v) is 4.85. The van der Waals surface area contributed by atoms with Crippen LogP contribution in [0.3, 0.4) is 0 Å². The van der Waals surface area contributed by atoms with Crippen molar-refractivity contribution in [3.63, 3.8) is 0 Å². The molecule has 0 saturated carbocycles. The van der Waals surface area contributed by atoms with Crippen LogP contribution < -0.4 is 14.9 Å². The zero-order chi connectivity index (χ0) is 21.2. The van der Waals surface area contributed by atoms with Gasteiger partial charge in [0, 0.05) is 42.9 Å². The molecular weight excluding hydrogens is 394 g/mol. The minimum absolute atomic E-state index is 0.0130. The van der Waals surface area contributed by atoms with E-state index < -0.39 is 0 Å². The molecular formula is C25H31NO5. The van der Waals surface area contributed by atoms with Crippen LogP contribution >= 0.6 is 0 Å². The molecule has 4 heterocycles. The molecule has 166 valence electrons. The summed E-state index contributed by atoms with van der Waals surface area (Å²) in [5.41, 5.74) is 4.05. The molecule has 3 aliphatic heterocycles. The van der Waals surface area contributed by atoms with Gasteiger partial charge in [-0.2, -0.15) is 0 Å². The van der Waals surface area contributed by atoms with Gasteiger partial charge in [0.2, 0.25) is 0 Å². The highest BCUT2D eigenvalue weighted by Gasteiger charge is 2.24. The average molecular weight is 426 g/mol. The van der Waals surface area contributed by atoms with Crippen LogP contribution in [0.15, 0.2) is 29.1 Å². The standard InChI is InChI=1S/C25H31NO5/c1-17-23(27)13-24(31-16-21-5-3-11-29-21)26-9-8-19-12-20(6-7-22(19)25(17)26)30-15-18-4-2-10-28-14-18/h6-7,12-13,18,21H,2-5,8-11,14-16H2,1H3. The topological polar surface area (TPSA) is 58.9 Å². The maximum atomic E-state index is 12.7. The Kier molecular flexibility index (Phi) is 6.01. The highest BCUT2D eigenvalue weighted by atomic mass is 16.5. The highest BCUT2D eigenvalue weighted by molar-refractivity contribution is 5.70. The Bertz CT molecular complexity index is 986. The Balaban J connectivity index is 1.37. The van der Waals surface area contributed by atoms with E-state index >= 15 is 0 Å². The first-order chi connectivity index (χ1) is 15.2. The van der Waals surface area contributed by atoms with Crippen LogP contribution in [0, 0.1) is 12.8 Å². The number of hydrogen-bond donors (Lipinski definition) is 0. The van der Waals surface area contributed by atoms with Gasteiger partial charge in [-0.05, 0) is 62.8 Å². The van der Waals surface area contributed by atoms with Crippen LogP contribution in [0.2, 0.25) is 0 Å². The summed E-state index contributed by atoms with van der Waals surface area (Å²) >= 11 is 0. The van der Waals surface area contributed by atoms with Crippen LogP contribution in [0.25, 0.3) is 11.3 Å². The van der Waals surface area contributed by atoms with Crippen LogP contribution in [0.5, 0.6) is 11.6 Å². The molecule has 2 aromatic rings.